The normalized spacial score (nSPS) is 53.9. The molecule has 0 aromatic carbocycles. The molecule has 46 heavy (non-hydrogen) atoms. The smallest absolute Gasteiger partial charge is 0.313 e. The van der Waals surface area contributed by atoms with Gasteiger partial charge < -0.3 is 29.3 Å². The van der Waals surface area contributed by atoms with Crippen LogP contribution in [0.15, 0.2) is 23.8 Å². The van der Waals surface area contributed by atoms with E-state index < -0.39 is 57.6 Å². The van der Waals surface area contributed by atoms with E-state index in [4.69, 9.17) is 14.2 Å². The highest BCUT2D eigenvalue weighted by molar-refractivity contribution is 5.84. The van der Waals surface area contributed by atoms with Gasteiger partial charge in [-0.15, -0.1) is 0 Å². The van der Waals surface area contributed by atoms with Crippen molar-refractivity contribution in [3.63, 3.8) is 0 Å². The molecule has 3 heterocycles. The molecule has 2 N–H and O–H groups in total. The molecule has 0 radical (unpaired) electrons. The van der Waals surface area contributed by atoms with Crippen molar-refractivity contribution < 1.29 is 38.8 Å². The summed E-state index contributed by atoms with van der Waals surface area (Å²) in [4.78, 5) is 43.6. The lowest BCUT2D eigenvalue weighted by Gasteiger charge is -2.46. The van der Waals surface area contributed by atoms with Gasteiger partial charge in [-0.25, -0.2) is 0 Å². The Labute approximate surface area is 272 Å². The quantitative estimate of drug-likeness (QED) is 0.269. The van der Waals surface area contributed by atoms with Crippen LogP contribution < -0.4 is 0 Å². The number of hydrogen-bond acceptors (Lipinski definition) is 9. The van der Waals surface area contributed by atoms with E-state index >= 15 is 0 Å². The first-order valence-corrected chi connectivity index (χ1v) is 17.8. The molecular weight excluding hydrogens is 586 g/mol. The Morgan fingerprint density at radius 1 is 1.07 bits per heavy atom. The number of ether oxygens (including phenoxy) is 3. The summed E-state index contributed by atoms with van der Waals surface area (Å²) >= 11 is 0. The van der Waals surface area contributed by atoms with Gasteiger partial charge in [-0.1, -0.05) is 37.1 Å². The average molecular weight is 638 g/mol. The van der Waals surface area contributed by atoms with Crippen molar-refractivity contribution in [1.29, 1.82) is 0 Å². The van der Waals surface area contributed by atoms with Crippen LogP contribution in [0.4, 0.5) is 0 Å². The largest absolute Gasteiger partial charge is 0.462 e. The van der Waals surface area contributed by atoms with E-state index in [-0.39, 0.29) is 47.9 Å². The van der Waals surface area contributed by atoms with Crippen molar-refractivity contribution >= 4 is 17.9 Å². The lowest BCUT2D eigenvalue weighted by Crippen LogP contribution is -2.53. The van der Waals surface area contributed by atoms with Gasteiger partial charge in [0.2, 0.25) is 0 Å². The molecule has 9 heteroatoms. The third-order valence-corrected chi connectivity index (χ3v) is 14.8. The minimum atomic E-state index is -1.17. The van der Waals surface area contributed by atoms with Gasteiger partial charge in [0, 0.05) is 54.4 Å². The molecule has 3 aliphatic heterocycles. The van der Waals surface area contributed by atoms with Gasteiger partial charge in [-0.2, -0.15) is 0 Å². The molecule has 0 aromatic rings. The maximum atomic E-state index is 14.8. The number of esters is 3. The first kappa shape index (κ1) is 31.1. The molecule has 2 bridgehead atoms. The number of hydrogen-bond donors (Lipinski definition) is 2. The third-order valence-electron chi connectivity index (χ3n) is 14.8. The zero-order valence-electron chi connectivity index (χ0n) is 28.0. The van der Waals surface area contributed by atoms with E-state index in [9.17, 15) is 24.6 Å². The fourth-order valence-electron chi connectivity index (χ4n) is 12.7. The van der Waals surface area contributed by atoms with Gasteiger partial charge in [-0.3, -0.25) is 14.4 Å². The molecular formula is C37H51NO8. The average Bonchev–Trinajstić information content (AvgIpc) is 3.70. The molecule has 3 saturated carbocycles. The Morgan fingerprint density at radius 2 is 1.80 bits per heavy atom. The Bertz CT molecular complexity index is 1410. The number of allylic oxidation sites excluding steroid dienone is 2. The van der Waals surface area contributed by atoms with Crippen LogP contribution in [0.2, 0.25) is 0 Å². The van der Waals surface area contributed by atoms with Crippen molar-refractivity contribution in [2.24, 2.45) is 51.8 Å². The van der Waals surface area contributed by atoms with Crippen molar-refractivity contribution in [2.45, 2.75) is 115 Å². The van der Waals surface area contributed by atoms with E-state index in [1.165, 1.54) is 13.3 Å². The van der Waals surface area contributed by atoms with Crippen LogP contribution in [-0.4, -0.2) is 82.2 Å². The fourth-order valence-corrected chi connectivity index (χ4v) is 12.7. The second-order valence-corrected chi connectivity index (χ2v) is 17.0. The zero-order chi connectivity index (χ0) is 32.6. The van der Waals surface area contributed by atoms with Gasteiger partial charge in [0.1, 0.15) is 18.3 Å². The monoisotopic (exact) mass is 637 g/mol. The number of fused-ring (bicyclic) bond motifs is 6. The van der Waals surface area contributed by atoms with Gasteiger partial charge in [0.15, 0.2) is 0 Å². The molecule has 8 aliphatic rings. The van der Waals surface area contributed by atoms with Crippen LogP contribution in [-0.2, 0) is 28.6 Å². The van der Waals surface area contributed by atoms with E-state index in [1.807, 2.05) is 20.8 Å². The van der Waals surface area contributed by atoms with E-state index in [2.05, 4.69) is 30.1 Å². The molecule has 0 aromatic heterocycles. The first-order chi connectivity index (χ1) is 21.7. The molecule has 9 nitrogen and oxygen atoms in total. The molecule has 1 spiro atoms. The number of carbonyl (C=O) groups excluding carboxylic acids is 3. The molecule has 252 valence electrons. The van der Waals surface area contributed by atoms with Gasteiger partial charge >= 0.3 is 17.9 Å². The summed E-state index contributed by atoms with van der Waals surface area (Å²) in [6, 6.07) is 0. The lowest BCUT2D eigenvalue weighted by atomic mass is 9.54. The van der Waals surface area contributed by atoms with Crippen molar-refractivity contribution in [2.75, 3.05) is 19.6 Å². The molecule has 5 unspecified atom stereocenters. The van der Waals surface area contributed by atoms with Gasteiger partial charge in [0.05, 0.1) is 28.5 Å². The Balaban J connectivity index is 1.26. The molecule has 8 rings (SSSR count). The maximum absolute atomic E-state index is 14.8. The maximum Gasteiger partial charge on any atom is 0.313 e. The van der Waals surface area contributed by atoms with Crippen LogP contribution in [0.25, 0.3) is 0 Å². The van der Waals surface area contributed by atoms with E-state index in [0.717, 1.165) is 31.5 Å². The summed E-state index contributed by atoms with van der Waals surface area (Å²) in [6.45, 7) is 11.9. The summed E-state index contributed by atoms with van der Waals surface area (Å²) in [6.07, 6.45) is 10.4. The zero-order valence-corrected chi connectivity index (χ0v) is 28.0. The minimum Gasteiger partial charge on any atom is -0.462 e. The van der Waals surface area contributed by atoms with Crippen LogP contribution in [0.5, 0.6) is 0 Å². The van der Waals surface area contributed by atoms with Crippen LogP contribution in [0.3, 0.4) is 0 Å². The second-order valence-electron chi connectivity index (χ2n) is 17.0. The van der Waals surface area contributed by atoms with E-state index in [0.29, 0.717) is 32.2 Å². The predicted octanol–water partition coefficient (Wildman–Crippen LogP) is 3.95. The summed E-state index contributed by atoms with van der Waals surface area (Å²) in [5.41, 5.74) is -4.06. The molecule has 5 aliphatic carbocycles. The van der Waals surface area contributed by atoms with Crippen LogP contribution >= 0.6 is 0 Å². The van der Waals surface area contributed by atoms with Gasteiger partial charge in [0.25, 0.3) is 0 Å². The topological polar surface area (TPSA) is 123 Å². The van der Waals surface area contributed by atoms with Crippen molar-refractivity contribution in [3.05, 3.63) is 23.8 Å². The standard InChI is InChI=1S/C37H51NO8/c1-20-9-10-24-26(20)29-27(25(44-21(2)39)17-34(24,4)42)37(32(41)46-29)19-36-14-13-33(37,3)30(36)28-22(11-12-35(36,5)43)23(31(40)45-28)18-38-15-7-6-8-16-38/h9,13-14,22-30,42-43H,6-8,10-12,15-19H2,1-5H3/t22?,23-,24?,25-,26?,27?,28-,29+,30?,33+,34+,35+,36+,37-/m0/s1. The summed E-state index contributed by atoms with van der Waals surface area (Å²) < 4.78 is 19.1. The lowest BCUT2D eigenvalue weighted by molar-refractivity contribution is -0.165. The number of carbonyl (C=O) groups is 3. The Hall–Kier alpha value is -2.23. The predicted molar refractivity (Wildman–Crippen MR) is 167 cm³/mol. The third kappa shape index (κ3) is 3.82. The van der Waals surface area contributed by atoms with Gasteiger partial charge in [-0.05, 0) is 72.4 Å². The number of nitrogens with zero attached hydrogens (tertiary/aromatic N) is 1. The second kappa shape index (κ2) is 9.91. The fraction of sp³-hybridized carbons (Fsp3) is 0.811. The molecule has 0 amide bonds. The highest BCUT2D eigenvalue weighted by atomic mass is 16.6. The van der Waals surface area contributed by atoms with E-state index in [1.54, 1.807) is 0 Å². The summed E-state index contributed by atoms with van der Waals surface area (Å²) in [7, 11) is 0. The summed E-state index contributed by atoms with van der Waals surface area (Å²) in [5, 5.41) is 24.5. The highest BCUT2D eigenvalue weighted by Crippen LogP contribution is 2.80. The highest BCUT2D eigenvalue weighted by Gasteiger charge is 2.85. The Kier molecular flexibility index (Phi) is 6.69. The summed E-state index contributed by atoms with van der Waals surface area (Å²) in [5.74, 6) is -2.54. The molecule has 14 atom stereocenters. The number of likely N-dealkylation sites (tertiary alicyclic amines) is 1. The Morgan fingerprint density at radius 3 is 2.52 bits per heavy atom. The first-order valence-electron chi connectivity index (χ1n) is 17.8. The molecule has 6 fully saturated rings. The van der Waals surface area contributed by atoms with Crippen molar-refractivity contribution in [3.8, 4) is 0 Å². The number of piperidine rings is 1. The minimum absolute atomic E-state index is 0.0705. The number of rotatable bonds is 3. The van der Waals surface area contributed by atoms with Crippen LogP contribution in [0.1, 0.15) is 86.0 Å². The number of aliphatic hydroxyl groups is 2. The molecule has 3 saturated heterocycles. The van der Waals surface area contributed by atoms with Crippen LogP contribution in [0, 0.1) is 51.8 Å². The van der Waals surface area contributed by atoms with Crippen molar-refractivity contribution in [1.82, 2.24) is 4.90 Å². The SMILES string of the molecule is CC(=O)O[C@H]1C[C@@](C)(O)C2CC=C(C)C2[C@H]2OC(=O)[C@]3(C[C@]45C=C[C@]3(C)C4[C@H]3OC(=O)[C@@H](CN4CCCCC4)C3CC[C@@]5(C)O)C21.